The fourth-order valence-corrected chi connectivity index (χ4v) is 2.27. The van der Waals surface area contributed by atoms with E-state index in [1.54, 1.807) is 6.20 Å². The first-order chi connectivity index (χ1) is 6.90. The van der Waals surface area contributed by atoms with Crippen LogP contribution in [0.4, 0.5) is 0 Å². The highest BCUT2D eigenvalue weighted by Gasteiger charge is 2.15. The van der Waals surface area contributed by atoms with Crippen LogP contribution in [-0.2, 0) is 13.2 Å². The van der Waals surface area contributed by atoms with Crippen molar-refractivity contribution in [3.63, 3.8) is 0 Å². The van der Waals surface area contributed by atoms with Gasteiger partial charge in [0.05, 0.1) is 12.3 Å². The van der Waals surface area contributed by atoms with Gasteiger partial charge in [-0.25, -0.2) is 0 Å². The molecule has 78 valence electrons. The van der Waals surface area contributed by atoms with Crippen molar-refractivity contribution in [2.24, 2.45) is 5.92 Å². The van der Waals surface area contributed by atoms with Gasteiger partial charge >= 0.3 is 0 Å². The maximum atomic E-state index is 9.08. The molecule has 2 rings (SSSR count). The zero-order chi connectivity index (χ0) is 9.80. The van der Waals surface area contributed by atoms with Crippen LogP contribution >= 0.6 is 0 Å². The van der Waals surface area contributed by atoms with Crippen LogP contribution in [0, 0.1) is 5.92 Å². The third-order valence-corrected chi connectivity index (χ3v) is 3.12. The zero-order valence-corrected chi connectivity index (χ0v) is 8.52. The van der Waals surface area contributed by atoms with Crippen LogP contribution in [0.2, 0.25) is 0 Å². The van der Waals surface area contributed by atoms with Crippen molar-refractivity contribution in [1.29, 1.82) is 0 Å². The van der Waals surface area contributed by atoms with E-state index in [2.05, 4.69) is 5.10 Å². The molecule has 0 spiro atoms. The second-order valence-electron chi connectivity index (χ2n) is 4.17. The first kappa shape index (κ1) is 9.71. The fraction of sp³-hybridized carbons (Fsp3) is 0.727. The SMILES string of the molecule is OCc1ccnn1CC1CCCCC1. The van der Waals surface area contributed by atoms with Gasteiger partial charge in [-0.2, -0.15) is 5.10 Å². The maximum Gasteiger partial charge on any atom is 0.0849 e. The van der Waals surface area contributed by atoms with Crippen LogP contribution in [0.3, 0.4) is 0 Å². The number of aliphatic hydroxyl groups excluding tert-OH is 1. The molecule has 1 aromatic heterocycles. The highest BCUT2D eigenvalue weighted by molar-refractivity contribution is 4.98. The summed E-state index contributed by atoms with van der Waals surface area (Å²) in [6, 6.07) is 1.89. The van der Waals surface area contributed by atoms with Crippen LogP contribution in [0.15, 0.2) is 12.3 Å². The molecule has 14 heavy (non-hydrogen) atoms. The Hall–Kier alpha value is -0.830. The Kier molecular flexibility index (Phi) is 3.19. The van der Waals surface area contributed by atoms with E-state index in [9.17, 15) is 0 Å². The number of hydrogen-bond acceptors (Lipinski definition) is 2. The average molecular weight is 194 g/mol. The molecule has 1 heterocycles. The molecular formula is C11H18N2O. The van der Waals surface area contributed by atoms with Crippen molar-refractivity contribution in [3.8, 4) is 0 Å². The smallest absolute Gasteiger partial charge is 0.0849 e. The normalized spacial score (nSPS) is 18.6. The Balaban J connectivity index is 1.95. The maximum absolute atomic E-state index is 9.08. The summed E-state index contributed by atoms with van der Waals surface area (Å²) in [5.41, 5.74) is 0.940. The lowest BCUT2D eigenvalue weighted by molar-refractivity contribution is 0.252. The molecule has 1 saturated carbocycles. The molecule has 0 aromatic carbocycles. The van der Waals surface area contributed by atoms with Crippen LogP contribution in [0.5, 0.6) is 0 Å². The van der Waals surface area contributed by atoms with E-state index < -0.39 is 0 Å². The number of aliphatic hydroxyl groups is 1. The monoisotopic (exact) mass is 194 g/mol. The molecule has 0 saturated heterocycles. The number of hydrogen-bond donors (Lipinski definition) is 1. The largest absolute Gasteiger partial charge is 0.390 e. The third-order valence-electron chi connectivity index (χ3n) is 3.12. The van der Waals surface area contributed by atoms with Crippen molar-refractivity contribution in [2.45, 2.75) is 45.3 Å². The molecule has 0 unspecified atom stereocenters. The minimum atomic E-state index is 0.104. The minimum Gasteiger partial charge on any atom is -0.390 e. The average Bonchev–Trinajstić information content (AvgIpc) is 2.67. The van der Waals surface area contributed by atoms with Crippen molar-refractivity contribution in [1.82, 2.24) is 9.78 Å². The van der Waals surface area contributed by atoms with Gasteiger partial charge in [0, 0.05) is 12.7 Å². The Morgan fingerprint density at radius 3 is 2.86 bits per heavy atom. The number of rotatable bonds is 3. The van der Waals surface area contributed by atoms with E-state index >= 15 is 0 Å². The predicted octanol–water partition coefficient (Wildman–Crippen LogP) is 1.96. The van der Waals surface area contributed by atoms with Gasteiger partial charge < -0.3 is 5.11 Å². The van der Waals surface area contributed by atoms with E-state index in [0.717, 1.165) is 18.2 Å². The van der Waals surface area contributed by atoms with Crippen molar-refractivity contribution < 1.29 is 5.11 Å². The Morgan fingerprint density at radius 2 is 2.14 bits per heavy atom. The molecular weight excluding hydrogens is 176 g/mol. The summed E-state index contributed by atoms with van der Waals surface area (Å²) >= 11 is 0. The Morgan fingerprint density at radius 1 is 1.36 bits per heavy atom. The molecule has 1 fully saturated rings. The van der Waals surface area contributed by atoms with Gasteiger partial charge in [-0.1, -0.05) is 19.3 Å². The molecule has 0 atom stereocenters. The number of aromatic nitrogens is 2. The van der Waals surface area contributed by atoms with Gasteiger partial charge in [0.25, 0.3) is 0 Å². The lowest BCUT2D eigenvalue weighted by Crippen LogP contribution is -2.16. The Bertz CT molecular complexity index is 277. The van der Waals surface area contributed by atoms with E-state index in [1.165, 1.54) is 32.1 Å². The molecule has 1 aliphatic carbocycles. The summed E-state index contributed by atoms with van der Waals surface area (Å²) in [5.74, 6) is 0.772. The highest BCUT2D eigenvalue weighted by Crippen LogP contribution is 2.25. The van der Waals surface area contributed by atoms with E-state index in [4.69, 9.17) is 5.11 Å². The van der Waals surface area contributed by atoms with Gasteiger partial charge in [-0.15, -0.1) is 0 Å². The molecule has 1 aromatic rings. The van der Waals surface area contributed by atoms with E-state index in [0.29, 0.717) is 0 Å². The first-order valence-corrected chi connectivity index (χ1v) is 5.51. The third kappa shape index (κ3) is 2.15. The molecule has 3 heteroatoms. The minimum absolute atomic E-state index is 0.104. The lowest BCUT2D eigenvalue weighted by atomic mass is 9.89. The molecule has 0 amide bonds. The molecule has 1 N–H and O–H groups in total. The van der Waals surface area contributed by atoms with Gasteiger partial charge in [0.2, 0.25) is 0 Å². The fourth-order valence-electron chi connectivity index (χ4n) is 2.27. The van der Waals surface area contributed by atoms with Crippen LogP contribution in [-0.4, -0.2) is 14.9 Å². The van der Waals surface area contributed by atoms with Crippen LogP contribution < -0.4 is 0 Å². The highest BCUT2D eigenvalue weighted by atomic mass is 16.3. The van der Waals surface area contributed by atoms with Gasteiger partial charge in [0.15, 0.2) is 0 Å². The molecule has 3 nitrogen and oxygen atoms in total. The predicted molar refractivity (Wildman–Crippen MR) is 54.7 cm³/mol. The summed E-state index contributed by atoms with van der Waals surface area (Å²) < 4.78 is 1.95. The standard InChI is InChI=1S/C11H18N2O/c14-9-11-6-7-12-13(11)8-10-4-2-1-3-5-10/h6-7,10,14H,1-5,8-9H2. The van der Waals surface area contributed by atoms with Crippen molar-refractivity contribution >= 4 is 0 Å². The second-order valence-corrected chi connectivity index (χ2v) is 4.17. The van der Waals surface area contributed by atoms with E-state index in [1.807, 2.05) is 10.7 Å². The molecule has 1 aliphatic rings. The van der Waals surface area contributed by atoms with Crippen LogP contribution in [0.1, 0.15) is 37.8 Å². The Labute approximate surface area is 84.7 Å². The summed E-state index contributed by atoms with van der Waals surface area (Å²) in [6.45, 7) is 1.09. The molecule has 0 aliphatic heterocycles. The van der Waals surface area contributed by atoms with Gasteiger partial charge in [-0.05, 0) is 24.8 Å². The second kappa shape index (κ2) is 4.60. The quantitative estimate of drug-likeness (QED) is 0.798. The van der Waals surface area contributed by atoms with Crippen LogP contribution in [0.25, 0.3) is 0 Å². The summed E-state index contributed by atoms with van der Waals surface area (Å²) in [5, 5.41) is 13.3. The zero-order valence-electron chi connectivity index (χ0n) is 8.52. The number of nitrogens with zero attached hydrogens (tertiary/aromatic N) is 2. The first-order valence-electron chi connectivity index (χ1n) is 5.51. The summed E-state index contributed by atoms with van der Waals surface area (Å²) in [4.78, 5) is 0. The van der Waals surface area contributed by atoms with Gasteiger partial charge in [-0.3, -0.25) is 4.68 Å². The molecule has 0 radical (unpaired) electrons. The van der Waals surface area contributed by atoms with E-state index in [-0.39, 0.29) is 6.61 Å². The topological polar surface area (TPSA) is 38.1 Å². The van der Waals surface area contributed by atoms with Crippen molar-refractivity contribution in [2.75, 3.05) is 0 Å². The summed E-state index contributed by atoms with van der Waals surface area (Å²) in [7, 11) is 0. The molecule has 0 bridgehead atoms. The van der Waals surface area contributed by atoms with Crippen molar-refractivity contribution in [3.05, 3.63) is 18.0 Å². The summed E-state index contributed by atoms with van der Waals surface area (Å²) in [6.07, 6.45) is 8.53. The van der Waals surface area contributed by atoms with Gasteiger partial charge in [0.1, 0.15) is 0 Å². The lowest BCUT2D eigenvalue weighted by Gasteiger charge is -2.22.